The Hall–Kier alpha value is -3.10. The lowest BCUT2D eigenvalue weighted by molar-refractivity contribution is -0.133. The predicted octanol–water partition coefficient (Wildman–Crippen LogP) is 3.20. The number of aromatic nitrogens is 6. The Labute approximate surface area is 187 Å². The number of anilines is 1. The lowest BCUT2D eigenvalue weighted by Crippen LogP contribution is -2.45. The minimum atomic E-state index is -0.328. The SMILES string of the molecule is CC[C@H](Nc1ncnc2c1nc(-c1cnc(C)nc1)n2CC)C(=O)N1CCC[C@@H]1C1CC1. The molecule has 2 aliphatic rings. The molecular formula is C23H30N8O. The van der Waals surface area contributed by atoms with Gasteiger partial charge in [-0.25, -0.2) is 24.9 Å². The molecule has 0 radical (unpaired) electrons. The van der Waals surface area contributed by atoms with Gasteiger partial charge >= 0.3 is 0 Å². The first-order valence-corrected chi connectivity index (χ1v) is 11.7. The number of amides is 1. The Bertz CT molecular complexity index is 1120. The molecule has 168 valence electrons. The molecule has 1 amide bonds. The quantitative estimate of drug-likeness (QED) is 0.609. The van der Waals surface area contributed by atoms with Gasteiger partial charge in [0.25, 0.3) is 0 Å². The Balaban J connectivity index is 1.47. The summed E-state index contributed by atoms with van der Waals surface area (Å²) in [7, 11) is 0. The molecule has 4 heterocycles. The van der Waals surface area contributed by atoms with Crippen LogP contribution in [0.4, 0.5) is 5.82 Å². The van der Waals surface area contributed by atoms with Crippen LogP contribution in [-0.2, 0) is 11.3 Å². The molecule has 1 aliphatic carbocycles. The number of likely N-dealkylation sites (tertiary alicyclic amines) is 1. The molecule has 3 aromatic heterocycles. The third-order valence-corrected chi connectivity index (χ3v) is 6.65. The minimum absolute atomic E-state index is 0.177. The van der Waals surface area contributed by atoms with Gasteiger partial charge in [0.05, 0.1) is 5.56 Å². The topological polar surface area (TPSA) is 102 Å². The first kappa shape index (κ1) is 20.8. The van der Waals surface area contributed by atoms with Gasteiger partial charge in [0.1, 0.15) is 24.0 Å². The van der Waals surface area contributed by atoms with Crippen LogP contribution in [0.15, 0.2) is 18.7 Å². The second-order valence-corrected chi connectivity index (χ2v) is 8.78. The van der Waals surface area contributed by atoms with Crippen molar-refractivity contribution in [1.29, 1.82) is 0 Å². The lowest BCUT2D eigenvalue weighted by Gasteiger charge is -2.29. The van der Waals surface area contributed by atoms with Crippen molar-refractivity contribution in [2.45, 2.75) is 71.5 Å². The van der Waals surface area contributed by atoms with Crippen molar-refractivity contribution < 1.29 is 4.79 Å². The normalized spacial score (nSPS) is 19.5. The summed E-state index contributed by atoms with van der Waals surface area (Å²) < 4.78 is 2.03. The molecule has 32 heavy (non-hydrogen) atoms. The Morgan fingerprint density at radius 3 is 2.62 bits per heavy atom. The number of hydrogen-bond donors (Lipinski definition) is 1. The fourth-order valence-electron chi connectivity index (χ4n) is 4.81. The fraction of sp³-hybridized carbons (Fsp3) is 0.565. The zero-order chi connectivity index (χ0) is 22.2. The standard InChI is InChI=1S/C23H30N8O/c1-4-17(23(32)31-10-6-7-18(31)15-8-9-15)28-20-19-22(27-13-26-20)30(5-2)21(29-19)16-11-24-14(3)25-12-16/h11-13,15,17-18H,4-10H2,1-3H3,(H,26,27,28)/t17-,18+/m0/s1. The number of carbonyl (C=O) groups excluding carboxylic acids is 1. The lowest BCUT2D eigenvalue weighted by atomic mass is 10.1. The van der Waals surface area contributed by atoms with E-state index in [1.165, 1.54) is 19.2 Å². The summed E-state index contributed by atoms with van der Waals surface area (Å²) in [5.41, 5.74) is 2.23. The highest BCUT2D eigenvalue weighted by Gasteiger charge is 2.41. The Morgan fingerprint density at radius 1 is 1.16 bits per heavy atom. The van der Waals surface area contributed by atoms with E-state index in [1.807, 2.05) is 18.4 Å². The van der Waals surface area contributed by atoms with Gasteiger partial charge in [0.2, 0.25) is 5.91 Å². The van der Waals surface area contributed by atoms with Gasteiger partial charge in [-0.2, -0.15) is 0 Å². The molecule has 2 fully saturated rings. The molecule has 3 aromatic rings. The molecule has 0 aromatic carbocycles. The maximum Gasteiger partial charge on any atom is 0.245 e. The van der Waals surface area contributed by atoms with Crippen LogP contribution in [0.3, 0.4) is 0 Å². The van der Waals surface area contributed by atoms with Gasteiger partial charge in [0.15, 0.2) is 17.0 Å². The van der Waals surface area contributed by atoms with Gasteiger partial charge in [-0.05, 0) is 51.9 Å². The average molecular weight is 435 g/mol. The van der Waals surface area contributed by atoms with E-state index in [2.05, 4.69) is 37.1 Å². The van der Waals surface area contributed by atoms with Crippen LogP contribution in [0.1, 0.15) is 51.8 Å². The van der Waals surface area contributed by atoms with Crippen molar-refractivity contribution in [2.75, 3.05) is 11.9 Å². The van der Waals surface area contributed by atoms with E-state index in [9.17, 15) is 4.79 Å². The molecular weight excluding hydrogens is 404 g/mol. The molecule has 0 unspecified atom stereocenters. The third-order valence-electron chi connectivity index (χ3n) is 6.65. The number of nitrogens with zero attached hydrogens (tertiary/aromatic N) is 7. The molecule has 0 bridgehead atoms. The van der Waals surface area contributed by atoms with Crippen molar-refractivity contribution in [3.05, 3.63) is 24.5 Å². The molecule has 9 nitrogen and oxygen atoms in total. The number of carbonyl (C=O) groups is 1. The fourth-order valence-corrected chi connectivity index (χ4v) is 4.81. The summed E-state index contributed by atoms with van der Waals surface area (Å²) in [4.78, 5) is 38.0. The van der Waals surface area contributed by atoms with Crippen molar-refractivity contribution in [3.8, 4) is 11.4 Å². The maximum absolute atomic E-state index is 13.4. The summed E-state index contributed by atoms with van der Waals surface area (Å²) in [5, 5.41) is 3.40. The van der Waals surface area contributed by atoms with E-state index in [0.717, 1.165) is 36.4 Å². The molecule has 1 aliphatic heterocycles. The smallest absolute Gasteiger partial charge is 0.245 e. The molecule has 1 N–H and O–H groups in total. The second-order valence-electron chi connectivity index (χ2n) is 8.78. The minimum Gasteiger partial charge on any atom is -0.356 e. The van der Waals surface area contributed by atoms with Gasteiger partial charge in [-0.3, -0.25) is 4.79 Å². The predicted molar refractivity (Wildman–Crippen MR) is 122 cm³/mol. The van der Waals surface area contributed by atoms with Gasteiger partial charge < -0.3 is 14.8 Å². The van der Waals surface area contributed by atoms with Crippen molar-refractivity contribution in [3.63, 3.8) is 0 Å². The van der Waals surface area contributed by atoms with Crippen molar-refractivity contribution >= 4 is 22.9 Å². The van der Waals surface area contributed by atoms with Crippen molar-refractivity contribution in [1.82, 2.24) is 34.4 Å². The molecule has 1 saturated heterocycles. The van der Waals surface area contributed by atoms with E-state index in [1.54, 1.807) is 12.4 Å². The number of imidazole rings is 1. The van der Waals surface area contributed by atoms with Crippen LogP contribution >= 0.6 is 0 Å². The highest BCUT2D eigenvalue weighted by Crippen LogP contribution is 2.40. The van der Waals surface area contributed by atoms with E-state index in [-0.39, 0.29) is 11.9 Å². The van der Waals surface area contributed by atoms with Crippen LogP contribution in [0.5, 0.6) is 0 Å². The Kier molecular flexibility index (Phi) is 5.48. The van der Waals surface area contributed by atoms with Crippen LogP contribution in [0.25, 0.3) is 22.6 Å². The zero-order valence-electron chi connectivity index (χ0n) is 19.0. The molecule has 2 atom stereocenters. The summed E-state index contributed by atoms with van der Waals surface area (Å²) in [6, 6.07) is 0.0848. The summed E-state index contributed by atoms with van der Waals surface area (Å²) in [6.45, 7) is 7.51. The van der Waals surface area contributed by atoms with Gasteiger partial charge in [-0.1, -0.05) is 6.92 Å². The summed E-state index contributed by atoms with van der Waals surface area (Å²) in [5.74, 6) is 2.93. The second kappa shape index (κ2) is 8.44. The number of rotatable bonds is 7. The number of hydrogen-bond acceptors (Lipinski definition) is 7. The van der Waals surface area contributed by atoms with E-state index in [4.69, 9.17) is 4.98 Å². The molecule has 5 rings (SSSR count). The van der Waals surface area contributed by atoms with Crippen molar-refractivity contribution in [2.24, 2.45) is 5.92 Å². The first-order valence-electron chi connectivity index (χ1n) is 11.7. The van der Waals surface area contributed by atoms with Crippen LogP contribution < -0.4 is 5.32 Å². The molecule has 9 heteroatoms. The average Bonchev–Trinajstić information content (AvgIpc) is 3.40. The van der Waals surface area contributed by atoms with Gasteiger partial charge in [0, 0.05) is 31.5 Å². The van der Waals surface area contributed by atoms with Crippen LogP contribution in [0.2, 0.25) is 0 Å². The maximum atomic E-state index is 13.4. The monoisotopic (exact) mass is 434 g/mol. The summed E-state index contributed by atoms with van der Waals surface area (Å²) in [6.07, 6.45) is 10.5. The summed E-state index contributed by atoms with van der Waals surface area (Å²) >= 11 is 0. The number of nitrogens with one attached hydrogen (secondary N) is 1. The number of aryl methyl sites for hydroxylation is 2. The highest BCUT2D eigenvalue weighted by molar-refractivity contribution is 5.90. The Morgan fingerprint density at radius 2 is 1.94 bits per heavy atom. The van der Waals surface area contributed by atoms with E-state index >= 15 is 0 Å². The van der Waals surface area contributed by atoms with E-state index < -0.39 is 0 Å². The number of fused-ring (bicyclic) bond motifs is 1. The zero-order valence-corrected chi connectivity index (χ0v) is 19.0. The highest BCUT2D eigenvalue weighted by atomic mass is 16.2. The van der Waals surface area contributed by atoms with Crippen LogP contribution in [-0.4, -0.2) is 58.9 Å². The van der Waals surface area contributed by atoms with Crippen LogP contribution in [0, 0.1) is 12.8 Å². The third kappa shape index (κ3) is 3.69. The molecule has 0 spiro atoms. The molecule has 1 saturated carbocycles. The van der Waals surface area contributed by atoms with Gasteiger partial charge in [-0.15, -0.1) is 0 Å². The largest absolute Gasteiger partial charge is 0.356 e. The van der Waals surface area contributed by atoms with E-state index in [0.29, 0.717) is 42.1 Å². The first-order chi connectivity index (χ1) is 15.6.